The summed E-state index contributed by atoms with van der Waals surface area (Å²) in [4.78, 5) is 2.87. The van der Waals surface area contributed by atoms with Crippen LogP contribution in [0.15, 0.2) is 46.7 Å². The summed E-state index contributed by atoms with van der Waals surface area (Å²) in [6.45, 7) is 4.87. The van der Waals surface area contributed by atoms with Gasteiger partial charge >= 0.3 is 0 Å². The molecule has 5 nitrogen and oxygen atoms in total. The largest absolute Gasteiger partial charge is 0.507 e. The number of thiophene rings is 1. The van der Waals surface area contributed by atoms with E-state index >= 15 is 0 Å². The lowest BCUT2D eigenvalue weighted by atomic mass is 10.2. The molecule has 0 unspecified atom stereocenters. The Balaban J connectivity index is 1.55. The van der Waals surface area contributed by atoms with Crippen molar-refractivity contribution < 1.29 is 13.5 Å². The zero-order chi connectivity index (χ0) is 17.9. The van der Waals surface area contributed by atoms with Crippen molar-refractivity contribution in [1.82, 2.24) is 9.21 Å². The van der Waals surface area contributed by atoms with Gasteiger partial charge in [0.25, 0.3) is 10.0 Å². The predicted molar refractivity (Wildman–Crippen MR) is 101 cm³/mol. The van der Waals surface area contributed by atoms with Crippen LogP contribution < -0.4 is 0 Å². The molecule has 1 aromatic carbocycles. The van der Waals surface area contributed by atoms with Gasteiger partial charge in [-0.15, -0.1) is 11.3 Å². The average molecular weight is 379 g/mol. The molecule has 0 amide bonds. The molecule has 2 aromatic rings. The third-order valence-electron chi connectivity index (χ3n) is 4.27. The molecule has 0 aliphatic carbocycles. The topological polar surface area (TPSA) is 60.9 Å². The van der Waals surface area contributed by atoms with Crippen molar-refractivity contribution in [2.24, 2.45) is 0 Å². The van der Waals surface area contributed by atoms with E-state index in [2.05, 4.69) is 29.2 Å². The van der Waals surface area contributed by atoms with Crippen molar-refractivity contribution in [3.05, 3.63) is 52.9 Å². The van der Waals surface area contributed by atoms with Crippen LogP contribution in [0.3, 0.4) is 0 Å². The van der Waals surface area contributed by atoms with Crippen molar-refractivity contribution in [3.8, 4) is 5.75 Å². The Kier molecular flexibility index (Phi) is 5.58. The standard InChI is InChI=1S/C18H22N2O3S2/c1-15-17(21)14-18(24-15)25(22,23)20-12-10-19(11-13-20)9-5-8-16-6-3-2-4-7-16/h2-8,14,21H,9-13H2,1H3. The van der Waals surface area contributed by atoms with Crippen LogP contribution in [0.4, 0.5) is 0 Å². The van der Waals surface area contributed by atoms with Gasteiger partial charge in [-0.25, -0.2) is 8.42 Å². The van der Waals surface area contributed by atoms with Gasteiger partial charge in [-0.1, -0.05) is 42.5 Å². The van der Waals surface area contributed by atoms with E-state index < -0.39 is 10.0 Å². The third-order valence-corrected chi connectivity index (χ3v) is 7.66. The molecular formula is C18H22N2O3S2. The zero-order valence-corrected chi connectivity index (χ0v) is 15.8. The molecule has 0 bridgehead atoms. The first-order valence-electron chi connectivity index (χ1n) is 8.20. The van der Waals surface area contributed by atoms with Crippen molar-refractivity contribution in [2.75, 3.05) is 32.7 Å². The molecular weight excluding hydrogens is 356 g/mol. The van der Waals surface area contributed by atoms with Gasteiger partial charge in [0.2, 0.25) is 0 Å². The Morgan fingerprint density at radius 1 is 1.16 bits per heavy atom. The van der Waals surface area contributed by atoms with Crippen LogP contribution >= 0.6 is 11.3 Å². The lowest BCUT2D eigenvalue weighted by molar-refractivity contribution is 0.205. The number of benzene rings is 1. The van der Waals surface area contributed by atoms with E-state index in [1.165, 1.54) is 10.4 Å². The molecule has 7 heteroatoms. The monoisotopic (exact) mass is 378 g/mol. The second kappa shape index (κ2) is 7.70. The number of hydrogen-bond donors (Lipinski definition) is 1. The zero-order valence-electron chi connectivity index (χ0n) is 14.1. The first-order chi connectivity index (χ1) is 12.0. The van der Waals surface area contributed by atoms with Gasteiger partial charge < -0.3 is 5.11 Å². The Bertz CT molecular complexity index is 817. The smallest absolute Gasteiger partial charge is 0.252 e. The van der Waals surface area contributed by atoms with Crippen LogP contribution in [-0.2, 0) is 10.0 Å². The fourth-order valence-corrected chi connectivity index (χ4v) is 5.66. The first-order valence-corrected chi connectivity index (χ1v) is 10.5. The SMILES string of the molecule is Cc1sc(S(=O)(=O)N2CCN(CC=Cc3ccccc3)CC2)cc1O. The van der Waals surface area contributed by atoms with E-state index in [4.69, 9.17) is 0 Å². The molecule has 0 radical (unpaired) electrons. The minimum absolute atomic E-state index is 0.0493. The van der Waals surface area contributed by atoms with Crippen molar-refractivity contribution in [1.29, 1.82) is 0 Å². The molecule has 0 spiro atoms. The fraction of sp³-hybridized carbons (Fsp3) is 0.333. The predicted octanol–water partition coefficient (Wildman–Crippen LogP) is 2.78. The summed E-state index contributed by atoms with van der Waals surface area (Å²) < 4.78 is 27.0. The summed E-state index contributed by atoms with van der Waals surface area (Å²) in [5.74, 6) is 0.0493. The van der Waals surface area contributed by atoms with Gasteiger partial charge in [-0.2, -0.15) is 4.31 Å². The molecule has 2 heterocycles. The minimum atomic E-state index is -3.50. The highest BCUT2D eigenvalue weighted by molar-refractivity contribution is 7.91. The van der Waals surface area contributed by atoms with E-state index in [0.717, 1.165) is 23.4 Å². The van der Waals surface area contributed by atoms with Gasteiger partial charge in [-0.05, 0) is 12.5 Å². The number of hydrogen-bond acceptors (Lipinski definition) is 5. The normalized spacial score (nSPS) is 17.3. The molecule has 25 heavy (non-hydrogen) atoms. The maximum absolute atomic E-state index is 12.7. The third kappa shape index (κ3) is 4.30. The van der Waals surface area contributed by atoms with E-state index in [-0.39, 0.29) is 9.96 Å². The van der Waals surface area contributed by atoms with Gasteiger partial charge in [0.05, 0.1) is 0 Å². The Morgan fingerprint density at radius 3 is 2.44 bits per heavy atom. The molecule has 134 valence electrons. The number of aromatic hydroxyl groups is 1. The molecule has 0 saturated carbocycles. The van der Waals surface area contributed by atoms with E-state index in [9.17, 15) is 13.5 Å². The second-order valence-corrected chi connectivity index (χ2v) is 9.45. The number of nitrogens with zero attached hydrogens (tertiary/aromatic N) is 2. The highest BCUT2D eigenvalue weighted by atomic mass is 32.2. The number of aryl methyl sites for hydroxylation is 1. The molecule has 1 N–H and O–H groups in total. The Hall–Kier alpha value is -1.67. The molecule has 0 atom stereocenters. The van der Waals surface area contributed by atoms with Gasteiger partial charge in [0, 0.05) is 43.7 Å². The lowest BCUT2D eigenvalue weighted by Gasteiger charge is -2.33. The highest BCUT2D eigenvalue weighted by Gasteiger charge is 2.30. The van der Waals surface area contributed by atoms with Gasteiger partial charge in [0.1, 0.15) is 9.96 Å². The van der Waals surface area contributed by atoms with Crippen LogP contribution in [0.2, 0.25) is 0 Å². The number of sulfonamides is 1. The maximum Gasteiger partial charge on any atom is 0.252 e. The van der Waals surface area contributed by atoms with E-state index in [0.29, 0.717) is 31.1 Å². The maximum atomic E-state index is 12.7. The van der Waals surface area contributed by atoms with Crippen molar-refractivity contribution in [3.63, 3.8) is 0 Å². The summed E-state index contributed by atoms with van der Waals surface area (Å²) >= 11 is 1.12. The van der Waals surface area contributed by atoms with E-state index in [1.54, 1.807) is 6.92 Å². The van der Waals surface area contributed by atoms with Crippen LogP contribution in [0.1, 0.15) is 10.4 Å². The quantitative estimate of drug-likeness (QED) is 0.869. The highest BCUT2D eigenvalue weighted by Crippen LogP contribution is 2.32. The lowest BCUT2D eigenvalue weighted by Crippen LogP contribution is -2.48. The average Bonchev–Trinajstić information content (AvgIpc) is 2.96. The number of rotatable bonds is 5. The minimum Gasteiger partial charge on any atom is -0.507 e. The van der Waals surface area contributed by atoms with Crippen LogP contribution in [0.25, 0.3) is 6.08 Å². The Labute approximate surface area is 152 Å². The molecule has 1 saturated heterocycles. The summed E-state index contributed by atoms with van der Waals surface area (Å²) in [5, 5.41) is 9.65. The summed E-state index contributed by atoms with van der Waals surface area (Å²) in [6, 6.07) is 11.5. The van der Waals surface area contributed by atoms with Gasteiger partial charge in [-0.3, -0.25) is 4.90 Å². The Morgan fingerprint density at radius 2 is 1.84 bits per heavy atom. The van der Waals surface area contributed by atoms with Crippen molar-refractivity contribution in [2.45, 2.75) is 11.1 Å². The van der Waals surface area contributed by atoms with Gasteiger partial charge in [0.15, 0.2) is 0 Å². The summed E-state index contributed by atoms with van der Waals surface area (Å²) in [7, 11) is -3.50. The molecule has 1 aromatic heterocycles. The molecule has 3 rings (SSSR count). The van der Waals surface area contributed by atoms with Crippen LogP contribution in [0, 0.1) is 6.92 Å². The van der Waals surface area contributed by atoms with Crippen LogP contribution in [0.5, 0.6) is 5.75 Å². The number of piperazine rings is 1. The molecule has 1 aliphatic rings. The van der Waals surface area contributed by atoms with Crippen molar-refractivity contribution >= 4 is 27.4 Å². The second-order valence-electron chi connectivity index (χ2n) is 6.02. The molecule has 1 aliphatic heterocycles. The van der Waals surface area contributed by atoms with E-state index in [1.807, 2.05) is 18.2 Å². The van der Waals surface area contributed by atoms with Crippen LogP contribution in [-0.4, -0.2) is 55.5 Å². The first kappa shape index (κ1) is 18.1. The fourth-order valence-electron chi connectivity index (χ4n) is 2.75. The summed E-state index contributed by atoms with van der Waals surface area (Å²) in [6.07, 6.45) is 4.19. The summed E-state index contributed by atoms with van der Waals surface area (Å²) in [5.41, 5.74) is 1.16. The molecule has 1 fully saturated rings.